The Morgan fingerprint density at radius 3 is 2.29 bits per heavy atom. The molecule has 2 amide bonds. The number of carbonyl (C=O) groups excluding carboxylic acids is 2. The Balaban J connectivity index is 2.35. The van der Waals surface area contributed by atoms with E-state index in [9.17, 15) is 22.8 Å². The monoisotopic (exact) mass is 342 g/mol. The molecule has 0 heterocycles. The van der Waals surface area contributed by atoms with Crippen molar-refractivity contribution >= 4 is 11.8 Å². The van der Waals surface area contributed by atoms with Crippen molar-refractivity contribution in [2.45, 2.75) is 51.4 Å². The highest BCUT2D eigenvalue weighted by molar-refractivity contribution is 5.91. The van der Waals surface area contributed by atoms with E-state index in [-0.39, 0.29) is 11.6 Å². The third-order valence-corrected chi connectivity index (χ3v) is 4.34. The van der Waals surface area contributed by atoms with E-state index in [1.54, 1.807) is 0 Å². The minimum atomic E-state index is -4.52. The van der Waals surface area contributed by atoms with Crippen molar-refractivity contribution in [3.63, 3.8) is 0 Å². The van der Waals surface area contributed by atoms with Crippen LogP contribution in [0.3, 0.4) is 0 Å². The number of halogens is 3. The molecule has 1 aliphatic carbocycles. The third-order valence-electron chi connectivity index (χ3n) is 4.34. The quantitative estimate of drug-likeness (QED) is 0.864. The molecule has 0 aromatic heterocycles. The zero-order chi connectivity index (χ0) is 18.1. The van der Waals surface area contributed by atoms with Gasteiger partial charge in [0.1, 0.15) is 5.54 Å². The van der Waals surface area contributed by atoms with E-state index >= 15 is 0 Å². The van der Waals surface area contributed by atoms with Crippen LogP contribution in [0.2, 0.25) is 0 Å². The molecular weight excluding hydrogens is 321 g/mol. The summed E-state index contributed by atoms with van der Waals surface area (Å²) in [5.41, 5.74) is -2.34. The molecule has 1 aliphatic rings. The molecule has 24 heavy (non-hydrogen) atoms. The highest BCUT2D eigenvalue weighted by atomic mass is 19.4. The summed E-state index contributed by atoms with van der Waals surface area (Å²) in [5, 5.41) is 5.31. The largest absolute Gasteiger partial charge is 0.416 e. The average Bonchev–Trinajstić information content (AvgIpc) is 3.30. The van der Waals surface area contributed by atoms with Crippen molar-refractivity contribution in [3.05, 3.63) is 35.4 Å². The van der Waals surface area contributed by atoms with Crippen LogP contribution in [0.1, 0.15) is 44.7 Å². The van der Waals surface area contributed by atoms with Crippen LogP contribution in [0.15, 0.2) is 24.3 Å². The van der Waals surface area contributed by atoms with Crippen molar-refractivity contribution in [3.8, 4) is 0 Å². The van der Waals surface area contributed by atoms with Gasteiger partial charge in [-0.2, -0.15) is 13.2 Å². The second-order valence-electron chi connectivity index (χ2n) is 6.48. The Labute approximate surface area is 138 Å². The first-order valence-corrected chi connectivity index (χ1v) is 7.81. The fourth-order valence-corrected chi connectivity index (χ4v) is 2.68. The van der Waals surface area contributed by atoms with Crippen LogP contribution in [0.4, 0.5) is 13.2 Å². The second-order valence-corrected chi connectivity index (χ2v) is 6.48. The van der Waals surface area contributed by atoms with E-state index in [1.807, 2.05) is 6.92 Å². The lowest BCUT2D eigenvalue weighted by molar-refractivity contribution is -0.138. The summed E-state index contributed by atoms with van der Waals surface area (Å²) in [6.45, 7) is 4.50. The Morgan fingerprint density at radius 2 is 1.79 bits per heavy atom. The summed E-state index contributed by atoms with van der Waals surface area (Å²) in [6.07, 6.45) is -2.49. The van der Waals surface area contributed by atoms with Gasteiger partial charge in [0.2, 0.25) is 11.8 Å². The van der Waals surface area contributed by atoms with Crippen LogP contribution < -0.4 is 10.6 Å². The van der Waals surface area contributed by atoms with E-state index in [0.29, 0.717) is 5.92 Å². The lowest BCUT2D eigenvalue weighted by atomic mass is 9.89. The van der Waals surface area contributed by atoms with Gasteiger partial charge in [-0.3, -0.25) is 9.59 Å². The lowest BCUT2D eigenvalue weighted by Crippen LogP contribution is -2.55. The summed E-state index contributed by atoms with van der Waals surface area (Å²) < 4.78 is 38.9. The normalized spacial score (nSPS) is 18.4. The van der Waals surface area contributed by atoms with Gasteiger partial charge in [0.15, 0.2) is 0 Å². The molecule has 1 aromatic rings. The van der Waals surface area contributed by atoms with Gasteiger partial charge in [0.05, 0.1) is 5.56 Å². The van der Waals surface area contributed by atoms with Crippen LogP contribution in [0.5, 0.6) is 0 Å². The molecule has 2 atom stereocenters. The van der Waals surface area contributed by atoms with Gasteiger partial charge in [-0.1, -0.05) is 12.1 Å². The number of amides is 2. The highest BCUT2D eigenvalue weighted by Gasteiger charge is 2.40. The van der Waals surface area contributed by atoms with Crippen molar-refractivity contribution in [2.24, 2.45) is 5.92 Å². The lowest BCUT2D eigenvalue weighted by Gasteiger charge is -2.31. The van der Waals surface area contributed by atoms with Crippen molar-refractivity contribution in [1.82, 2.24) is 10.6 Å². The molecule has 0 aliphatic heterocycles. The van der Waals surface area contributed by atoms with E-state index in [0.717, 1.165) is 25.0 Å². The summed E-state index contributed by atoms with van der Waals surface area (Å²) in [4.78, 5) is 24.2. The van der Waals surface area contributed by atoms with E-state index in [1.165, 1.54) is 26.0 Å². The maximum Gasteiger partial charge on any atom is 0.416 e. The number of nitrogens with one attached hydrogen (secondary N) is 2. The first-order valence-electron chi connectivity index (χ1n) is 7.81. The molecule has 0 radical (unpaired) electrons. The predicted octanol–water partition coefficient (Wildman–Crippen LogP) is 2.97. The second kappa shape index (κ2) is 6.45. The zero-order valence-corrected chi connectivity index (χ0v) is 13.8. The van der Waals surface area contributed by atoms with Gasteiger partial charge in [0.25, 0.3) is 0 Å². The maximum atomic E-state index is 13.0. The SMILES string of the molecule is CC(=O)N[C@@](C)(C(=O)N[C@@H](C)C1CC1)c1cccc(C(F)(F)F)c1. The number of carbonyl (C=O) groups is 2. The van der Waals surface area contributed by atoms with Gasteiger partial charge >= 0.3 is 6.18 Å². The van der Waals surface area contributed by atoms with Gasteiger partial charge in [0, 0.05) is 13.0 Å². The molecule has 132 valence electrons. The topological polar surface area (TPSA) is 58.2 Å². The zero-order valence-electron chi connectivity index (χ0n) is 13.8. The number of hydrogen-bond donors (Lipinski definition) is 2. The van der Waals surface area contributed by atoms with Crippen molar-refractivity contribution in [2.75, 3.05) is 0 Å². The molecule has 7 heteroatoms. The van der Waals surface area contributed by atoms with Gasteiger partial charge in [-0.25, -0.2) is 0 Å². The Morgan fingerprint density at radius 1 is 1.21 bits per heavy atom. The minimum Gasteiger partial charge on any atom is -0.351 e. The summed E-state index contributed by atoms with van der Waals surface area (Å²) >= 11 is 0. The van der Waals surface area contributed by atoms with Gasteiger partial charge < -0.3 is 10.6 Å². The maximum absolute atomic E-state index is 13.0. The van der Waals surface area contributed by atoms with Crippen molar-refractivity contribution < 1.29 is 22.8 Å². The fraction of sp³-hybridized carbons (Fsp3) is 0.529. The molecular formula is C17H21F3N2O2. The first kappa shape index (κ1) is 18.3. The predicted molar refractivity (Wildman–Crippen MR) is 82.9 cm³/mol. The van der Waals surface area contributed by atoms with Crippen LogP contribution in [-0.4, -0.2) is 17.9 Å². The Bertz CT molecular complexity index is 641. The Hall–Kier alpha value is -2.05. The number of hydrogen-bond acceptors (Lipinski definition) is 2. The molecule has 2 rings (SSSR count). The molecule has 1 saturated carbocycles. The van der Waals surface area contributed by atoms with E-state index in [2.05, 4.69) is 10.6 Å². The van der Waals surface area contributed by atoms with Gasteiger partial charge in [-0.15, -0.1) is 0 Å². The molecule has 0 unspecified atom stereocenters. The van der Waals surface area contributed by atoms with E-state index in [4.69, 9.17) is 0 Å². The van der Waals surface area contributed by atoms with Crippen LogP contribution >= 0.6 is 0 Å². The van der Waals surface area contributed by atoms with Crippen LogP contribution in [0.25, 0.3) is 0 Å². The molecule has 0 bridgehead atoms. The molecule has 4 nitrogen and oxygen atoms in total. The summed E-state index contributed by atoms with van der Waals surface area (Å²) in [6, 6.07) is 4.39. The average molecular weight is 342 g/mol. The standard InChI is InChI=1S/C17H21F3N2O2/c1-10(12-7-8-12)21-15(24)16(3,22-11(2)23)13-5-4-6-14(9-13)17(18,19)20/h4-6,9-10,12H,7-8H2,1-3H3,(H,21,24)(H,22,23)/t10-,16+/m0/s1. The van der Waals surface area contributed by atoms with Crippen LogP contribution in [-0.2, 0) is 21.3 Å². The first-order chi connectivity index (χ1) is 11.0. The fourth-order valence-electron chi connectivity index (χ4n) is 2.68. The third kappa shape index (κ3) is 4.07. The van der Waals surface area contributed by atoms with Crippen molar-refractivity contribution in [1.29, 1.82) is 0 Å². The molecule has 1 aromatic carbocycles. The highest BCUT2D eigenvalue weighted by Crippen LogP contribution is 2.34. The summed E-state index contributed by atoms with van der Waals surface area (Å²) in [7, 11) is 0. The minimum absolute atomic E-state index is 0.0867. The molecule has 2 N–H and O–H groups in total. The smallest absolute Gasteiger partial charge is 0.351 e. The van der Waals surface area contributed by atoms with Crippen LogP contribution in [0, 0.1) is 5.92 Å². The van der Waals surface area contributed by atoms with Gasteiger partial charge in [-0.05, 0) is 50.3 Å². The Kier molecular flexibility index (Phi) is 4.92. The number of alkyl halides is 3. The molecule has 0 saturated heterocycles. The van der Waals surface area contributed by atoms with E-state index < -0.39 is 29.1 Å². The number of rotatable bonds is 5. The number of benzene rings is 1. The molecule has 0 spiro atoms. The molecule has 1 fully saturated rings. The summed E-state index contributed by atoms with van der Waals surface area (Å²) in [5.74, 6) is -0.627.